The van der Waals surface area contributed by atoms with Gasteiger partial charge in [-0.25, -0.2) is 0 Å². The monoisotopic (exact) mass is 252 g/mol. The van der Waals surface area contributed by atoms with Gasteiger partial charge in [-0.3, -0.25) is 5.41 Å². The second-order valence-electron chi connectivity index (χ2n) is 4.24. The van der Waals surface area contributed by atoms with Crippen molar-refractivity contribution in [2.24, 2.45) is 0 Å². The lowest BCUT2D eigenvalue weighted by Crippen LogP contribution is -2.35. The second kappa shape index (κ2) is 5.41. The van der Waals surface area contributed by atoms with E-state index in [2.05, 4.69) is 4.90 Å². The van der Waals surface area contributed by atoms with E-state index in [9.17, 15) is 0 Å². The first-order valence-corrected chi connectivity index (χ1v) is 6.27. The van der Waals surface area contributed by atoms with E-state index in [0.29, 0.717) is 16.6 Å². The Kier molecular flexibility index (Phi) is 3.89. The molecule has 0 bridgehead atoms. The molecule has 92 valence electrons. The van der Waals surface area contributed by atoms with Gasteiger partial charge in [0, 0.05) is 18.1 Å². The summed E-state index contributed by atoms with van der Waals surface area (Å²) in [4.78, 5) is 2.11. The highest BCUT2D eigenvalue weighted by molar-refractivity contribution is 6.30. The van der Waals surface area contributed by atoms with Crippen LogP contribution in [0.5, 0.6) is 5.75 Å². The van der Waals surface area contributed by atoms with E-state index in [1.54, 1.807) is 19.2 Å². The van der Waals surface area contributed by atoms with Crippen molar-refractivity contribution >= 4 is 17.4 Å². The van der Waals surface area contributed by atoms with E-state index in [1.165, 1.54) is 6.42 Å². The largest absolute Gasteiger partial charge is 0.496 e. The van der Waals surface area contributed by atoms with Gasteiger partial charge in [-0.2, -0.15) is 0 Å². The Morgan fingerprint density at radius 1 is 1.29 bits per heavy atom. The topological polar surface area (TPSA) is 36.3 Å². The predicted octanol–water partition coefficient (Wildman–Crippen LogP) is 3.16. The zero-order valence-electron chi connectivity index (χ0n) is 10.0. The minimum atomic E-state index is 0.540. The smallest absolute Gasteiger partial charge is 0.131 e. The molecule has 1 fully saturated rings. The van der Waals surface area contributed by atoms with Gasteiger partial charge in [0.05, 0.1) is 12.7 Å². The van der Waals surface area contributed by atoms with Crippen LogP contribution in [-0.4, -0.2) is 30.9 Å². The summed E-state index contributed by atoms with van der Waals surface area (Å²) in [7, 11) is 1.61. The molecule has 1 aliphatic heterocycles. The number of nitrogens with zero attached hydrogens (tertiary/aromatic N) is 1. The zero-order chi connectivity index (χ0) is 12.3. The Hall–Kier alpha value is -1.22. The van der Waals surface area contributed by atoms with Crippen molar-refractivity contribution in [3.8, 4) is 5.75 Å². The molecule has 0 aromatic heterocycles. The molecule has 0 unspecified atom stereocenters. The highest BCUT2D eigenvalue weighted by atomic mass is 35.5. The Bertz CT molecular complexity index is 414. The summed E-state index contributed by atoms with van der Waals surface area (Å²) in [5.74, 6) is 1.21. The molecule has 0 radical (unpaired) electrons. The van der Waals surface area contributed by atoms with Crippen molar-refractivity contribution in [2.45, 2.75) is 19.3 Å². The zero-order valence-corrected chi connectivity index (χ0v) is 10.8. The first-order chi connectivity index (χ1) is 8.22. The van der Waals surface area contributed by atoms with Crippen LogP contribution in [0.15, 0.2) is 18.2 Å². The van der Waals surface area contributed by atoms with Crippen LogP contribution >= 0.6 is 11.6 Å². The van der Waals surface area contributed by atoms with Crippen LogP contribution < -0.4 is 4.74 Å². The Balaban J connectivity index is 2.23. The van der Waals surface area contributed by atoms with Crippen LogP contribution in [0.1, 0.15) is 24.8 Å². The van der Waals surface area contributed by atoms with Gasteiger partial charge in [0.25, 0.3) is 0 Å². The van der Waals surface area contributed by atoms with Crippen molar-refractivity contribution in [1.29, 1.82) is 5.41 Å². The number of benzene rings is 1. The number of methoxy groups -OCH3 is 1. The van der Waals surface area contributed by atoms with Gasteiger partial charge in [-0.15, -0.1) is 0 Å². The van der Waals surface area contributed by atoms with E-state index in [1.807, 2.05) is 6.07 Å². The van der Waals surface area contributed by atoms with Crippen LogP contribution in [-0.2, 0) is 0 Å². The molecule has 0 amide bonds. The molecule has 17 heavy (non-hydrogen) atoms. The number of ether oxygens (including phenoxy) is 1. The van der Waals surface area contributed by atoms with Gasteiger partial charge in [0.1, 0.15) is 11.6 Å². The maximum Gasteiger partial charge on any atom is 0.131 e. The van der Waals surface area contributed by atoms with Crippen LogP contribution in [0.3, 0.4) is 0 Å². The first kappa shape index (κ1) is 12.2. The average molecular weight is 253 g/mol. The number of piperidine rings is 1. The standard InChI is InChI=1S/C13H17ClN2O/c1-17-12-9-10(14)5-6-11(12)13(15)16-7-3-2-4-8-16/h5-6,9,15H,2-4,7-8H2,1H3. The minimum absolute atomic E-state index is 0.540. The van der Waals surface area contributed by atoms with Crippen LogP contribution in [0.2, 0.25) is 5.02 Å². The fourth-order valence-corrected chi connectivity index (χ4v) is 2.31. The number of hydrogen-bond donors (Lipinski definition) is 1. The second-order valence-corrected chi connectivity index (χ2v) is 4.68. The maximum atomic E-state index is 8.24. The van der Waals surface area contributed by atoms with Crippen LogP contribution in [0.25, 0.3) is 0 Å². The normalized spacial score (nSPS) is 15.8. The summed E-state index contributed by atoms with van der Waals surface area (Å²) >= 11 is 5.92. The fraction of sp³-hybridized carbons (Fsp3) is 0.462. The summed E-state index contributed by atoms with van der Waals surface area (Å²) < 4.78 is 5.29. The van der Waals surface area contributed by atoms with Gasteiger partial charge >= 0.3 is 0 Å². The van der Waals surface area contributed by atoms with Crippen molar-refractivity contribution < 1.29 is 4.74 Å². The number of nitrogens with one attached hydrogen (secondary N) is 1. The molecule has 4 heteroatoms. The molecule has 0 atom stereocenters. The number of amidine groups is 1. The minimum Gasteiger partial charge on any atom is -0.496 e. The third-order valence-corrected chi connectivity index (χ3v) is 3.33. The van der Waals surface area contributed by atoms with Gasteiger partial charge in [-0.1, -0.05) is 11.6 Å². The average Bonchev–Trinajstić information content (AvgIpc) is 2.39. The Morgan fingerprint density at radius 2 is 2.00 bits per heavy atom. The SMILES string of the molecule is COc1cc(Cl)ccc1C(=N)N1CCCCC1. The van der Waals surface area contributed by atoms with Crippen molar-refractivity contribution in [3.63, 3.8) is 0 Å². The molecule has 0 spiro atoms. The lowest BCUT2D eigenvalue weighted by atomic mass is 10.1. The van der Waals surface area contributed by atoms with Crippen LogP contribution in [0.4, 0.5) is 0 Å². The van der Waals surface area contributed by atoms with E-state index >= 15 is 0 Å². The molecule has 1 heterocycles. The summed E-state index contributed by atoms with van der Waals surface area (Å²) in [5.41, 5.74) is 0.818. The number of rotatable bonds is 2. The van der Waals surface area contributed by atoms with Crippen molar-refractivity contribution in [3.05, 3.63) is 28.8 Å². The lowest BCUT2D eigenvalue weighted by Gasteiger charge is -2.29. The van der Waals surface area contributed by atoms with E-state index in [4.69, 9.17) is 21.7 Å². The molecular weight excluding hydrogens is 236 g/mol. The quantitative estimate of drug-likeness (QED) is 0.648. The first-order valence-electron chi connectivity index (χ1n) is 5.90. The van der Waals surface area contributed by atoms with E-state index in [-0.39, 0.29) is 0 Å². The molecule has 3 nitrogen and oxygen atoms in total. The third kappa shape index (κ3) is 2.72. The van der Waals surface area contributed by atoms with E-state index < -0.39 is 0 Å². The van der Waals surface area contributed by atoms with Gasteiger partial charge in [0.15, 0.2) is 0 Å². The lowest BCUT2D eigenvalue weighted by molar-refractivity contribution is 0.339. The predicted molar refractivity (Wildman–Crippen MR) is 70.3 cm³/mol. The molecule has 1 aromatic rings. The summed E-state index contributed by atoms with van der Waals surface area (Å²) in [5, 5.41) is 8.88. The highest BCUT2D eigenvalue weighted by Crippen LogP contribution is 2.25. The Morgan fingerprint density at radius 3 is 2.65 bits per heavy atom. The van der Waals surface area contributed by atoms with Gasteiger partial charge < -0.3 is 9.64 Å². The summed E-state index contributed by atoms with van der Waals surface area (Å²) in [6.07, 6.45) is 3.60. The number of halogens is 1. The molecule has 2 rings (SSSR count). The summed E-state index contributed by atoms with van der Waals surface area (Å²) in [6.45, 7) is 1.93. The molecule has 1 aromatic carbocycles. The molecule has 1 saturated heterocycles. The number of hydrogen-bond acceptors (Lipinski definition) is 2. The Labute approximate surface area is 107 Å². The molecular formula is C13H17ClN2O. The molecule has 1 N–H and O–H groups in total. The molecule has 0 saturated carbocycles. The van der Waals surface area contributed by atoms with Crippen molar-refractivity contribution in [1.82, 2.24) is 4.90 Å². The fourth-order valence-electron chi connectivity index (χ4n) is 2.15. The van der Waals surface area contributed by atoms with Crippen molar-refractivity contribution in [2.75, 3.05) is 20.2 Å². The summed E-state index contributed by atoms with van der Waals surface area (Å²) in [6, 6.07) is 5.42. The van der Waals surface area contributed by atoms with E-state index in [0.717, 1.165) is 31.5 Å². The molecule has 1 aliphatic rings. The molecule has 0 aliphatic carbocycles. The number of likely N-dealkylation sites (tertiary alicyclic amines) is 1. The van der Waals surface area contributed by atoms with Crippen LogP contribution in [0, 0.1) is 5.41 Å². The van der Waals surface area contributed by atoms with Gasteiger partial charge in [-0.05, 0) is 37.5 Å². The maximum absolute atomic E-state index is 8.24. The van der Waals surface area contributed by atoms with Gasteiger partial charge in [0.2, 0.25) is 0 Å². The highest BCUT2D eigenvalue weighted by Gasteiger charge is 2.18. The third-order valence-electron chi connectivity index (χ3n) is 3.09.